The average molecular weight is 798 g/mol. The standard InChI is InChI=1S/C53H43N5O3/c1-2-8-46(9-3-1)60-28-26-59-27-29-61-47-22-14-39(15-23-47)33-58-36-43-20-18-41-34-57(35-42-19-21-44(37-58)53(43)52(41)42)32-38-12-16-40(17-13-38)45-30-50(48-10-4-6-24-54-48)56-51(31-45)49-11-5-7-25-55-49/h1-25,30-31,34-37H,26-29,32-33H2/q+2. The lowest BCUT2D eigenvalue weighted by Gasteiger charge is -2.11. The lowest BCUT2D eigenvalue weighted by atomic mass is 9.97. The van der Waals surface area contributed by atoms with E-state index in [1.165, 1.54) is 43.4 Å². The second-order valence-corrected chi connectivity index (χ2v) is 15.1. The van der Waals surface area contributed by atoms with Crippen LogP contribution in [-0.2, 0) is 17.8 Å². The van der Waals surface area contributed by atoms with Gasteiger partial charge in [-0.15, -0.1) is 0 Å². The maximum absolute atomic E-state index is 5.92. The first kappa shape index (κ1) is 37.7. The Morgan fingerprint density at radius 1 is 0.393 bits per heavy atom. The summed E-state index contributed by atoms with van der Waals surface area (Å²) in [7, 11) is 0. The van der Waals surface area contributed by atoms with E-state index in [2.05, 4.69) is 117 Å². The van der Waals surface area contributed by atoms with Crippen LogP contribution in [0, 0.1) is 0 Å². The molecule has 0 fully saturated rings. The average Bonchev–Trinajstić information content (AvgIpc) is 3.32. The summed E-state index contributed by atoms with van der Waals surface area (Å²) in [6, 6.07) is 51.9. The Bertz CT molecular complexity index is 2910. The summed E-state index contributed by atoms with van der Waals surface area (Å²) in [6.07, 6.45) is 12.7. The highest BCUT2D eigenvalue weighted by Crippen LogP contribution is 2.33. The molecule has 10 aromatic rings. The van der Waals surface area contributed by atoms with Crippen molar-refractivity contribution < 1.29 is 23.3 Å². The third-order valence-corrected chi connectivity index (χ3v) is 10.9. The van der Waals surface area contributed by atoms with Crippen molar-refractivity contribution in [3.05, 3.63) is 200 Å². The molecule has 8 nitrogen and oxygen atoms in total. The topological polar surface area (TPSA) is 74.1 Å². The maximum Gasteiger partial charge on any atom is 0.177 e. The molecule has 0 radical (unpaired) electrons. The molecule has 5 aromatic carbocycles. The largest absolute Gasteiger partial charge is 0.491 e. The fourth-order valence-electron chi connectivity index (χ4n) is 7.96. The van der Waals surface area contributed by atoms with Gasteiger partial charge in [0.25, 0.3) is 0 Å². The highest BCUT2D eigenvalue weighted by Gasteiger charge is 2.18. The van der Waals surface area contributed by atoms with Crippen LogP contribution in [0.15, 0.2) is 189 Å². The van der Waals surface area contributed by atoms with Crippen LogP contribution >= 0.6 is 0 Å². The first-order valence-electron chi connectivity index (χ1n) is 20.6. The number of hydrogen-bond donors (Lipinski definition) is 0. The second kappa shape index (κ2) is 17.4. The number of benzene rings is 5. The number of nitrogens with zero attached hydrogens (tertiary/aromatic N) is 5. The van der Waals surface area contributed by atoms with Crippen LogP contribution in [0.25, 0.3) is 66.2 Å². The van der Waals surface area contributed by atoms with E-state index in [0.717, 1.165) is 58.5 Å². The Hall–Kier alpha value is -7.55. The molecule has 0 spiro atoms. The summed E-state index contributed by atoms with van der Waals surface area (Å²) in [5.41, 5.74) is 7.91. The molecule has 0 saturated carbocycles. The summed E-state index contributed by atoms with van der Waals surface area (Å²) < 4.78 is 21.8. The van der Waals surface area contributed by atoms with Crippen molar-refractivity contribution in [3.8, 4) is 45.4 Å². The van der Waals surface area contributed by atoms with Gasteiger partial charge in [0.15, 0.2) is 37.9 Å². The minimum absolute atomic E-state index is 0.486. The van der Waals surface area contributed by atoms with Gasteiger partial charge in [-0.05, 0) is 108 Å². The molecule has 10 rings (SSSR count). The number of aromatic nitrogens is 5. The van der Waals surface area contributed by atoms with Crippen LogP contribution in [-0.4, -0.2) is 41.4 Å². The van der Waals surface area contributed by atoms with E-state index in [9.17, 15) is 0 Å². The van der Waals surface area contributed by atoms with Gasteiger partial charge in [-0.25, -0.2) is 4.98 Å². The van der Waals surface area contributed by atoms with E-state index < -0.39 is 0 Å². The van der Waals surface area contributed by atoms with E-state index in [4.69, 9.17) is 19.2 Å². The molecule has 0 aliphatic carbocycles. The van der Waals surface area contributed by atoms with Gasteiger partial charge >= 0.3 is 0 Å². The van der Waals surface area contributed by atoms with Gasteiger partial charge in [0.05, 0.1) is 36.0 Å². The number of ether oxygens (including phenoxy) is 3. The number of rotatable bonds is 15. The third-order valence-electron chi connectivity index (χ3n) is 10.9. The van der Waals surface area contributed by atoms with Crippen molar-refractivity contribution in [2.75, 3.05) is 26.4 Å². The molecule has 61 heavy (non-hydrogen) atoms. The molecule has 0 unspecified atom stereocenters. The first-order chi connectivity index (χ1) is 30.2. The molecule has 0 N–H and O–H groups in total. The number of hydrogen-bond acceptors (Lipinski definition) is 6. The second-order valence-electron chi connectivity index (χ2n) is 15.1. The predicted molar refractivity (Wildman–Crippen MR) is 240 cm³/mol. The Balaban J connectivity index is 0.805. The molecule has 5 aromatic heterocycles. The molecule has 0 amide bonds. The summed E-state index contributed by atoms with van der Waals surface area (Å²) in [4.78, 5) is 14.1. The summed E-state index contributed by atoms with van der Waals surface area (Å²) in [5.74, 6) is 1.68. The molecule has 8 heteroatoms. The summed E-state index contributed by atoms with van der Waals surface area (Å²) in [6.45, 7) is 3.54. The maximum atomic E-state index is 5.92. The molecule has 0 aliphatic rings. The highest BCUT2D eigenvalue weighted by molar-refractivity contribution is 6.21. The monoisotopic (exact) mass is 797 g/mol. The van der Waals surface area contributed by atoms with Gasteiger partial charge in [-0.3, -0.25) is 9.97 Å². The third kappa shape index (κ3) is 8.62. The molecule has 5 heterocycles. The van der Waals surface area contributed by atoms with Gasteiger partial charge in [-0.1, -0.05) is 54.6 Å². The van der Waals surface area contributed by atoms with E-state index in [1.54, 1.807) is 12.4 Å². The summed E-state index contributed by atoms with van der Waals surface area (Å²) in [5, 5.41) is 7.51. The van der Waals surface area contributed by atoms with Crippen LogP contribution in [0.1, 0.15) is 11.1 Å². The van der Waals surface area contributed by atoms with E-state index in [1.807, 2.05) is 78.9 Å². The Kier molecular flexibility index (Phi) is 10.7. The molecule has 0 atom stereocenters. The van der Waals surface area contributed by atoms with Crippen molar-refractivity contribution in [1.82, 2.24) is 15.0 Å². The van der Waals surface area contributed by atoms with Crippen molar-refractivity contribution in [1.29, 1.82) is 0 Å². The molecule has 0 saturated heterocycles. The van der Waals surface area contributed by atoms with Crippen molar-refractivity contribution >= 4 is 32.3 Å². The molecule has 0 aliphatic heterocycles. The lowest BCUT2D eigenvalue weighted by Crippen LogP contribution is -2.34. The zero-order chi connectivity index (χ0) is 40.8. The van der Waals surface area contributed by atoms with Crippen LogP contribution in [0.2, 0.25) is 0 Å². The lowest BCUT2D eigenvalue weighted by molar-refractivity contribution is -0.686. The first-order valence-corrected chi connectivity index (χ1v) is 20.6. The Morgan fingerprint density at radius 3 is 1.33 bits per heavy atom. The van der Waals surface area contributed by atoms with E-state index in [-0.39, 0.29) is 0 Å². The minimum atomic E-state index is 0.486. The van der Waals surface area contributed by atoms with Gasteiger partial charge in [-0.2, -0.15) is 9.13 Å². The zero-order valence-electron chi connectivity index (χ0n) is 33.6. The van der Waals surface area contributed by atoms with Crippen LogP contribution in [0.3, 0.4) is 0 Å². The smallest absolute Gasteiger partial charge is 0.177 e. The number of pyridine rings is 5. The van der Waals surface area contributed by atoms with Gasteiger partial charge in [0.2, 0.25) is 0 Å². The van der Waals surface area contributed by atoms with Gasteiger partial charge in [0.1, 0.15) is 24.7 Å². The molecular weight excluding hydrogens is 755 g/mol. The highest BCUT2D eigenvalue weighted by atomic mass is 16.5. The molecule has 0 bridgehead atoms. The quantitative estimate of drug-likeness (QED) is 0.0585. The molecule has 296 valence electrons. The summed E-state index contributed by atoms with van der Waals surface area (Å²) >= 11 is 0. The fourth-order valence-corrected chi connectivity index (χ4v) is 7.96. The van der Waals surface area contributed by atoms with Crippen molar-refractivity contribution in [2.45, 2.75) is 13.1 Å². The van der Waals surface area contributed by atoms with Crippen molar-refractivity contribution in [2.24, 2.45) is 0 Å². The number of para-hydroxylation sites is 1. The predicted octanol–water partition coefficient (Wildman–Crippen LogP) is 9.92. The van der Waals surface area contributed by atoms with Gasteiger partial charge < -0.3 is 14.2 Å². The molecular formula is C53H43N5O3+2. The van der Waals surface area contributed by atoms with Crippen LogP contribution in [0.4, 0.5) is 0 Å². The SMILES string of the molecule is c1ccc(OCCOCCOc2ccc(C[n+]3cc4ccc5c[n+](Cc6ccc(-c7cc(-c8ccccn8)nc(-c8ccccn8)c7)cc6)cc6ccc(c3)c4c56)cc2)cc1. The van der Waals surface area contributed by atoms with Crippen LogP contribution < -0.4 is 18.6 Å². The van der Waals surface area contributed by atoms with Crippen molar-refractivity contribution in [3.63, 3.8) is 0 Å². The Morgan fingerprint density at radius 2 is 0.852 bits per heavy atom. The normalized spacial score (nSPS) is 11.4. The Labute approximate surface area is 354 Å². The van der Waals surface area contributed by atoms with E-state index >= 15 is 0 Å². The fraction of sp³-hybridized carbons (Fsp3) is 0.113. The zero-order valence-corrected chi connectivity index (χ0v) is 33.6. The van der Waals surface area contributed by atoms with Crippen LogP contribution in [0.5, 0.6) is 11.5 Å². The van der Waals surface area contributed by atoms with E-state index in [0.29, 0.717) is 26.4 Å². The minimum Gasteiger partial charge on any atom is -0.491 e. The van der Waals surface area contributed by atoms with Gasteiger partial charge in [0, 0.05) is 55.8 Å².